The predicted octanol–water partition coefficient (Wildman–Crippen LogP) is 9.94. The van der Waals surface area contributed by atoms with Crippen LogP contribution in [0.25, 0.3) is 43.8 Å². The first kappa shape index (κ1) is 21.6. The number of nitrogens with zero attached hydrogens (tertiary/aromatic N) is 2. The van der Waals surface area contributed by atoms with Crippen LogP contribution in [0, 0.1) is 0 Å². The Hall–Kier alpha value is -4.47. The van der Waals surface area contributed by atoms with Gasteiger partial charge in [0, 0.05) is 11.1 Å². The average molecular weight is 505 g/mol. The van der Waals surface area contributed by atoms with Gasteiger partial charge in [-0.3, -0.25) is 0 Å². The molecule has 0 bridgehead atoms. The molecule has 2 aliphatic rings. The fourth-order valence-electron chi connectivity index (χ4n) is 6.10. The number of thiazole rings is 1. The lowest BCUT2D eigenvalue weighted by molar-refractivity contribution is 1.22. The number of aromatic nitrogens is 1. The van der Waals surface area contributed by atoms with Gasteiger partial charge in [-0.2, -0.15) is 0 Å². The molecule has 0 aliphatic heterocycles. The molecule has 180 valence electrons. The van der Waals surface area contributed by atoms with Crippen molar-refractivity contribution in [2.24, 2.45) is 0 Å². The lowest BCUT2D eigenvalue weighted by atomic mass is 9.81. The molecule has 0 N–H and O–H groups in total. The van der Waals surface area contributed by atoms with Crippen molar-refractivity contribution >= 4 is 61.0 Å². The number of anilines is 3. The van der Waals surface area contributed by atoms with E-state index >= 15 is 0 Å². The Morgan fingerprint density at radius 3 is 2.47 bits per heavy atom. The minimum Gasteiger partial charge on any atom is -0.308 e. The van der Waals surface area contributed by atoms with Crippen LogP contribution in [0.3, 0.4) is 0 Å². The normalized spacial score (nSPS) is 13.6. The number of allylic oxidation sites excluding steroid dienone is 3. The third kappa shape index (κ3) is 3.29. The molecular weight excluding hydrogens is 480 g/mol. The summed E-state index contributed by atoms with van der Waals surface area (Å²) in [5.74, 6) is 0. The first-order chi connectivity index (χ1) is 18.8. The Kier molecular flexibility index (Phi) is 4.86. The van der Waals surface area contributed by atoms with Crippen LogP contribution in [-0.4, -0.2) is 4.98 Å². The van der Waals surface area contributed by atoms with Crippen LogP contribution in [0.15, 0.2) is 115 Å². The molecule has 0 spiro atoms. The van der Waals surface area contributed by atoms with Crippen molar-refractivity contribution in [1.82, 2.24) is 4.98 Å². The van der Waals surface area contributed by atoms with Crippen LogP contribution in [0.5, 0.6) is 0 Å². The Labute approximate surface area is 225 Å². The highest BCUT2D eigenvalue weighted by Crippen LogP contribution is 2.47. The Morgan fingerprint density at radius 2 is 1.58 bits per heavy atom. The highest BCUT2D eigenvalue weighted by Gasteiger charge is 2.24. The highest BCUT2D eigenvalue weighted by atomic mass is 32.1. The number of para-hydroxylation sites is 1. The van der Waals surface area contributed by atoms with E-state index in [-0.39, 0.29) is 0 Å². The van der Waals surface area contributed by atoms with Crippen molar-refractivity contribution in [3.8, 4) is 11.1 Å². The fourth-order valence-corrected chi connectivity index (χ4v) is 6.79. The summed E-state index contributed by atoms with van der Waals surface area (Å²) in [6.07, 6.45) is 8.99. The van der Waals surface area contributed by atoms with Gasteiger partial charge in [0.2, 0.25) is 0 Å². The largest absolute Gasteiger partial charge is 0.308 e. The monoisotopic (exact) mass is 504 g/mol. The van der Waals surface area contributed by atoms with Crippen LogP contribution in [-0.2, 0) is 6.42 Å². The van der Waals surface area contributed by atoms with Gasteiger partial charge in [0.1, 0.15) is 5.52 Å². The van der Waals surface area contributed by atoms with Gasteiger partial charge in [-0.15, -0.1) is 11.3 Å². The second-order valence-corrected chi connectivity index (χ2v) is 10.8. The summed E-state index contributed by atoms with van der Waals surface area (Å²) < 4.78 is 1.20. The molecule has 6 aromatic rings. The molecule has 0 atom stereocenters. The maximum atomic E-state index is 4.81. The number of hydrogen-bond acceptors (Lipinski definition) is 3. The molecule has 38 heavy (non-hydrogen) atoms. The molecule has 3 heteroatoms. The summed E-state index contributed by atoms with van der Waals surface area (Å²) in [5.41, 5.74) is 14.5. The molecule has 0 saturated heterocycles. The van der Waals surface area contributed by atoms with Gasteiger partial charge in [-0.1, -0.05) is 85.0 Å². The molecule has 1 aromatic heterocycles. The summed E-state index contributed by atoms with van der Waals surface area (Å²) in [7, 11) is 0. The molecule has 0 amide bonds. The Balaban J connectivity index is 1.38. The van der Waals surface area contributed by atoms with Crippen molar-refractivity contribution in [1.29, 1.82) is 0 Å². The third-order valence-corrected chi connectivity index (χ3v) is 8.65. The zero-order valence-corrected chi connectivity index (χ0v) is 21.6. The van der Waals surface area contributed by atoms with Crippen molar-refractivity contribution in [2.45, 2.75) is 12.8 Å². The molecule has 2 aliphatic carbocycles. The summed E-state index contributed by atoms with van der Waals surface area (Å²) in [6.45, 7) is 0. The van der Waals surface area contributed by atoms with Gasteiger partial charge < -0.3 is 4.90 Å². The smallest absolute Gasteiger partial charge is 0.105 e. The quantitative estimate of drug-likeness (QED) is 0.237. The Morgan fingerprint density at radius 1 is 0.711 bits per heavy atom. The zero-order chi connectivity index (χ0) is 25.1. The highest BCUT2D eigenvalue weighted by molar-refractivity contribution is 7.16. The second kappa shape index (κ2) is 8.54. The predicted molar refractivity (Wildman–Crippen MR) is 163 cm³/mol. The van der Waals surface area contributed by atoms with Crippen LogP contribution in [0.1, 0.15) is 23.1 Å². The van der Waals surface area contributed by atoms with E-state index in [1.54, 1.807) is 11.3 Å². The fraction of sp³-hybridized carbons (Fsp3) is 0.0571. The van der Waals surface area contributed by atoms with Gasteiger partial charge in [-0.05, 0) is 82.0 Å². The van der Waals surface area contributed by atoms with E-state index in [4.69, 9.17) is 4.98 Å². The second-order valence-electron chi connectivity index (χ2n) is 9.96. The molecule has 0 saturated carbocycles. The maximum absolute atomic E-state index is 4.81. The van der Waals surface area contributed by atoms with Crippen molar-refractivity contribution in [3.05, 3.63) is 131 Å². The molecular formula is C35H24N2S. The number of hydrogen-bond donors (Lipinski definition) is 0. The van der Waals surface area contributed by atoms with Gasteiger partial charge >= 0.3 is 0 Å². The lowest BCUT2D eigenvalue weighted by Gasteiger charge is -2.30. The van der Waals surface area contributed by atoms with Gasteiger partial charge in [0.15, 0.2) is 0 Å². The van der Waals surface area contributed by atoms with E-state index in [0.717, 1.165) is 29.7 Å². The van der Waals surface area contributed by atoms with Crippen LogP contribution < -0.4 is 4.90 Å². The topological polar surface area (TPSA) is 16.1 Å². The van der Waals surface area contributed by atoms with Crippen LogP contribution in [0.4, 0.5) is 17.1 Å². The summed E-state index contributed by atoms with van der Waals surface area (Å²) >= 11 is 1.69. The Bertz CT molecular complexity index is 1910. The first-order valence-corrected chi connectivity index (χ1v) is 14.0. The number of benzene rings is 5. The minimum atomic E-state index is 0.990. The van der Waals surface area contributed by atoms with E-state index in [2.05, 4.69) is 120 Å². The molecule has 1 heterocycles. The van der Waals surface area contributed by atoms with Gasteiger partial charge in [-0.25, -0.2) is 4.98 Å². The molecule has 5 aromatic carbocycles. The van der Waals surface area contributed by atoms with E-state index in [0.29, 0.717) is 0 Å². The summed E-state index contributed by atoms with van der Waals surface area (Å²) in [6, 6.07) is 35.3. The van der Waals surface area contributed by atoms with Crippen molar-refractivity contribution < 1.29 is 0 Å². The molecule has 0 unspecified atom stereocenters. The molecule has 2 nitrogen and oxygen atoms in total. The van der Waals surface area contributed by atoms with E-state index in [1.165, 1.54) is 54.6 Å². The van der Waals surface area contributed by atoms with Gasteiger partial charge in [0.25, 0.3) is 0 Å². The number of fused-ring (bicyclic) bond motifs is 1. The number of rotatable bonds is 4. The summed E-state index contributed by atoms with van der Waals surface area (Å²) in [5, 5.41) is 2.69. The van der Waals surface area contributed by atoms with E-state index < -0.39 is 0 Å². The van der Waals surface area contributed by atoms with Crippen LogP contribution in [0.2, 0.25) is 0 Å². The first-order valence-electron chi connectivity index (χ1n) is 13.1. The third-order valence-electron chi connectivity index (χ3n) is 7.86. The van der Waals surface area contributed by atoms with E-state index in [1.807, 2.05) is 5.51 Å². The molecule has 0 radical (unpaired) electrons. The maximum Gasteiger partial charge on any atom is 0.105 e. The molecule has 8 rings (SSSR count). The molecule has 0 fully saturated rings. The average Bonchev–Trinajstić information content (AvgIpc) is 3.47. The van der Waals surface area contributed by atoms with Crippen molar-refractivity contribution in [2.75, 3.05) is 4.90 Å². The standard InChI is InChI=1S/C35H24N2S/c1-2-6-23(7-3-1)24-14-18-28(19-15-24)37(31-10-5-11-32-35(31)36-22-38-32)30-21-17-27-13-12-25-8-4-9-26-16-20-29(30)34(27)33(25)26/h1-7,9-12,14-22H,8,13H2. The zero-order valence-electron chi connectivity index (χ0n) is 20.8. The lowest BCUT2D eigenvalue weighted by Crippen LogP contribution is -2.12. The van der Waals surface area contributed by atoms with Gasteiger partial charge in [0.05, 0.1) is 21.6 Å². The van der Waals surface area contributed by atoms with Crippen LogP contribution >= 0.6 is 11.3 Å². The summed E-state index contributed by atoms with van der Waals surface area (Å²) in [4.78, 5) is 7.21. The minimum absolute atomic E-state index is 0.990. The van der Waals surface area contributed by atoms with E-state index in [9.17, 15) is 0 Å². The van der Waals surface area contributed by atoms with Crippen molar-refractivity contribution in [3.63, 3.8) is 0 Å². The SMILES string of the molecule is C1=Cc2ccc3c(N(c4ccc(-c5ccccc5)cc4)c4cccc5scnc45)ccc4c3c2C(=CC4)C1.